The highest BCUT2D eigenvalue weighted by Crippen LogP contribution is 2.38. The van der Waals surface area contributed by atoms with Gasteiger partial charge >= 0.3 is 6.18 Å². The van der Waals surface area contributed by atoms with Gasteiger partial charge in [0.15, 0.2) is 17.7 Å². The number of anilines is 4. The monoisotopic (exact) mass is 539 g/mol. The van der Waals surface area contributed by atoms with Crippen molar-refractivity contribution >= 4 is 34.9 Å². The number of aryl methyl sites for hydroxylation is 2. The summed E-state index contributed by atoms with van der Waals surface area (Å²) in [4.78, 5) is 10.4. The Morgan fingerprint density at radius 1 is 1.22 bits per heavy atom. The second kappa shape index (κ2) is 11.1. The molecule has 0 saturated carbocycles. The molecule has 9 nitrogen and oxygen atoms in total. The number of aromatic nitrogens is 4. The zero-order valence-electron chi connectivity index (χ0n) is 20.7. The summed E-state index contributed by atoms with van der Waals surface area (Å²) < 4.78 is 43.8. The highest BCUT2D eigenvalue weighted by molar-refractivity contribution is 6.32. The molecule has 2 aromatic heterocycles. The normalized spacial score (nSPS) is 16.0. The van der Waals surface area contributed by atoms with Crippen LogP contribution < -0.4 is 15.4 Å². The van der Waals surface area contributed by atoms with Crippen LogP contribution in [0.2, 0.25) is 5.02 Å². The van der Waals surface area contributed by atoms with Crippen LogP contribution in [0.3, 0.4) is 0 Å². The molecule has 200 valence electrons. The SMILES string of the molecule is COc1cc(Nc2ncc(Cl)c(Nc3cc(C)[nH]n3)n2)c(C)cc1C1CCN(C[C@H](O)C(F)(F)F)CC1. The standard InChI is InChI=1S/C24H29ClF3N7O2/c1-13-8-16(15-4-6-35(7-5-15)12-20(36)24(26,27)28)19(37-3)10-18(13)30-23-29-11-17(25)22(32-23)31-21-9-14(2)33-34-21/h8-11,15,20,36H,4-7,12H2,1-3H3,(H3,29,30,31,32,33,34)/t20-/m0/s1. The first-order chi connectivity index (χ1) is 17.5. The number of nitrogens with zero attached hydrogens (tertiary/aromatic N) is 4. The van der Waals surface area contributed by atoms with Gasteiger partial charge in [0.1, 0.15) is 10.8 Å². The van der Waals surface area contributed by atoms with Gasteiger partial charge in [0, 0.05) is 30.1 Å². The summed E-state index contributed by atoms with van der Waals surface area (Å²) in [5, 5.41) is 23.0. The van der Waals surface area contributed by atoms with Gasteiger partial charge in [-0.2, -0.15) is 23.3 Å². The molecule has 1 aromatic carbocycles. The predicted molar refractivity (Wildman–Crippen MR) is 135 cm³/mol. The van der Waals surface area contributed by atoms with Crippen LogP contribution in [0.4, 0.5) is 36.4 Å². The van der Waals surface area contributed by atoms with Crippen LogP contribution in [0, 0.1) is 13.8 Å². The first-order valence-corrected chi connectivity index (χ1v) is 12.2. The molecule has 0 aliphatic carbocycles. The number of H-pyrrole nitrogens is 1. The van der Waals surface area contributed by atoms with E-state index in [9.17, 15) is 18.3 Å². The molecule has 1 aliphatic heterocycles. The van der Waals surface area contributed by atoms with Crippen LogP contribution in [0.5, 0.6) is 5.75 Å². The number of benzene rings is 1. The zero-order chi connectivity index (χ0) is 26.7. The number of aromatic amines is 1. The number of rotatable bonds is 8. The predicted octanol–water partition coefficient (Wildman–Crippen LogP) is 5.07. The largest absolute Gasteiger partial charge is 0.496 e. The number of aliphatic hydroxyl groups excluding tert-OH is 1. The lowest BCUT2D eigenvalue weighted by Crippen LogP contribution is -2.44. The van der Waals surface area contributed by atoms with E-state index in [4.69, 9.17) is 16.3 Å². The first-order valence-electron chi connectivity index (χ1n) is 11.8. The second-order valence-electron chi connectivity index (χ2n) is 9.12. The molecule has 1 saturated heterocycles. The number of hydrogen-bond donors (Lipinski definition) is 4. The molecule has 13 heteroatoms. The van der Waals surface area contributed by atoms with E-state index in [0.717, 1.165) is 22.5 Å². The van der Waals surface area contributed by atoms with Crippen molar-refractivity contribution in [1.82, 2.24) is 25.1 Å². The van der Waals surface area contributed by atoms with Gasteiger partial charge in [-0.3, -0.25) is 5.10 Å². The molecular weight excluding hydrogens is 511 g/mol. The molecule has 0 bridgehead atoms. The lowest BCUT2D eigenvalue weighted by atomic mass is 9.87. The molecule has 1 aliphatic rings. The summed E-state index contributed by atoms with van der Waals surface area (Å²) in [6, 6.07) is 5.71. The maximum Gasteiger partial charge on any atom is 0.415 e. The van der Waals surface area contributed by atoms with Gasteiger partial charge in [0.05, 0.1) is 13.3 Å². The van der Waals surface area contributed by atoms with E-state index in [1.165, 1.54) is 6.20 Å². The van der Waals surface area contributed by atoms with Crippen molar-refractivity contribution in [3.05, 3.63) is 46.2 Å². The minimum atomic E-state index is -4.61. The third-order valence-corrected chi connectivity index (χ3v) is 6.63. The van der Waals surface area contributed by atoms with Crippen molar-refractivity contribution in [3.8, 4) is 5.75 Å². The highest BCUT2D eigenvalue weighted by Gasteiger charge is 2.39. The summed E-state index contributed by atoms with van der Waals surface area (Å²) in [6.45, 7) is 4.34. The Balaban J connectivity index is 1.46. The number of alkyl halides is 3. The van der Waals surface area contributed by atoms with Crippen LogP contribution >= 0.6 is 11.6 Å². The molecule has 3 heterocycles. The van der Waals surface area contributed by atoms with Crippen molar-refractivity contribution < 1.29 is 23.0 Å². The minimum Gasteiger partial charge on any atom is -0.496 e. The quantitative estimate of drug-likeness (QED) is 0.314. The number of hydrogen-bond acceptors (Lipinski definition) is 8. The van der Waals surface area contributed by atoms with Crippen molar-refractivity contribution in [2.45, 2.75) is 44.9 Å². The topological polar surface area (TPSA) is 111 Å². The van der Waals surface area contributed by atoms with Crippen molar-refractivity contribution in [3.63, 3.8) is 0 Å². The molecule has 0 radical (unpaired) electrons. The van der Waals surface area contributed by atoms with Gasteiger partial charge in [-0.25, -0.2) is 4.98 Å². The van der Waals surface area contributed by atoms with E-state index < -0.39 is 18.8 Å². The van der Waals surface area contributed by atoms with Crippen molar-refractivity contribution in [2.75, 3.05) is 37.4 Å². The number of ether oxygens (including phenoxy) is 1. The number of nitrogens with one attached hydrogen (secondary N) is 3. The lowest BCUT2D eigenvalue weighted by Gasteiger charge is -2.34. The second-order valence-corrected chi connectivity index (χ2v) is 9.52. The maximum absolute atomic E-state index is 12.7. The lowest BCUT2D eigenvalue weighted by molar-refractivity contribution is -0.208. The van der Waals surface area contributed by atoms with Gasteiger partial charge < -0.3 is 25.4 Å². The number of aliphatic hydroxyl groups is 1. The average molecular weight is 540 g/mol. The van der Waals surface area contributed by atoms with E-state index in [1.54, 1.807) is 12.0 Å². The number of piperidine rings is 1. The molecule has 0 spiro atoms. The molecule has 4 rings (SSSR count). The smallest absolute Gasteiger partial charge is 0.415 e. The van der Waals surface area contributed by atoms with Crippen LogP contribution in [0.15, 0.2) is 24.4 Å². The highest BCUT2D eigenvalue weighted by atomic mass is 35.5. The van der Waals surface area contributed by atoms with E-state index in [0.29, 0.717) is 54.3 Å². The molecule has 1 fully saturated rings. The van der Waals surface area contributed by atoms with Crippen molar-refractivity contribution in [2.24, 2.45) is 0 Å². The fraction of sp³-hybridized carbons (Fsp3) is 0.458. The fourth-order valence-electron chi connectivity index (χ4n) is 4.35. The molecule has 1 atom stereocenters. The fourth-order valence-corrected chi connectivity index (χ4v) is 4.49. The Labute approximate surface area is 217 Å². The molecule has 0 unspecified atom stereocenters. The Morgan fingerprint density at radius 3 is 2.57 bits per heavy atom. The number of likely N-dealkylation sites (tertiary alicyclic amines) is 1. The summed E-state index contributed by atoms with van der Waals surface area (Å²) in [5.74, 6) is 2.09. The summed E-state index contributed by atoms with van der Waals surface area (Å²) >= 11 is 6.26. The van der Waals surface area contributed by atoms with E-state index >= 15 is 0 Å². The Bertz CT molecular complexity index is 1230. The van der Waals surface area contributed by atoms with Gasteiger partial charge in [0.25, 0.3) is 0 Å². The van der Waals surface area contributed by atoms with Crippen LogP contribution in [-0.2, 0) is 0 Å². The Morgan fingerprint density at radius 2 is 1.95 bits per heavy atom. The van der Waals surface area contributed by atoms with Gasteiger partial charge in [-0.05, 0) is 56.8 Å². The maximum atomic E-state index is 12.7. The van der Waals surface area contributed by atoms with Gasteiger partial charge in [-0.1, -0.05) is 17.7 Å². The molecular formula is C24H29ClF3N7O2. The summed E-state index contributed by atoms with van der Waals surface area (Å²) in [7, 11) is 1.58. The third kappa shape index (κ3) is 6.62. The molecule has 37 heavy (non-hydrogen) atoms. The van der Waals surface area contributed by atoms with E-state index in [-0.39, 0.29) is 5.92 Å². The third-order valence-electron chi connectivity index (χ3n) is 6.36. The van der Waals surface area contributed by atoms with E-state index in [1.807, 2.05) is 32.0 Å². The van der Waals surface area contributed by atoms with Crippen LogP contribution in [0.25, 0.3) is 0 Å². The zero-order valence-corrected chi connectivity index (χ0v) is 21.4. The van der Waals surface area contributed by atoms with Gasteiger partial charge in [0.2, 0.25) is 5.95 Å². The molecule has 0 amide bonds. The van der Waals surface area contributed by atoms with E-state index in [2.05, 4.69) is 30.8 Å². The van der Waals surface area contributed by atoms with Crippen LogP contribution in [-0.4, -0.2) is 69.2 Å². The molecule has 3 aromatic rings. The summed E-state index contributed by atoms with van der Waals surface area (Å²) in [5.41, 5.74) is 3.56. The Kier molecular flexibility index (Phi) is 8.10. The first kappa shape index (κ1) is 27.0. The number of methoxy groups -OCH3 is 1. The van der Waals surface area contributed by atoms with Gasteiger partial charge in [-0.15, -0.1) is 0 Å². The van der Waals surface area contributed by atoms with Crippen molar-refractivity contribution in [1.29, 1.82) is 0 Å². The minimum absolute atomic E-state index is 0.127. The Hall–Kier alpha value is -3.09. The number of halogens is 4. The molecule has 4 N–H and O–H groups in total. The average Bonchev–Trinajstić information content (AvgIpc) is 3.26. The van der Waals surface area contributed by atoms with Crippen LogP contribution in [0.1, 0.15) is 35.6 Å². The number of β-amino-alcohol motifs (C(OH)–C–C–N with tert-alkyl or cyclic N) is 1. The summed E-state index contributed by atoms with van der Waals surface area (Å²) in [6.07, 6.45) is -4.13.